The van der Waals surface area contributed by atoms with E-state index in [0.29, 0.717) is 0 Å². The van der Waals surface area contributed by atoms with Crippen LogP contribution in [0.2, 0.25) is 0 Å². The van der Waals surface area contributed by atoms with Crippen molar-refractivity contribution in [2.24, 2.45) is 0 Å². The molecule has 96 valence electrons. The second-order valence-electron chi connectivity index (χ2n) is 3.31. The van der Waals surface area contributed by atoms with Crippen LogP contribution in [0.1, 0.15) is 5.56 Å². The Morgan fingerprint density at radius 2 is 1.41 bits per heavy atom. The summed E-state index contributed by atoms with van der Waals surface area (Å²) in [6.07, 6.45) is 0. The van der Waals surface area contributed by atoms with Gasteiger partial charge in [-0.1, -0.05) is 18.2 Å². The van der Waals surface area contributed by atoms with Gasteiger partial charge >= 0.3 is 15.2 Å². The number of para-hydroxylation sites is 1. The smallest absolute Gasteiger partial charge is 0.374 e. The van der Waals surface area contributed by atoms with Crippen molar-refractivity contribution in [3.05, 3.63) is 29.8 Å². The van der Waals surface area contributed by atoms with Crippen molar-refractivity contribution in [2.45, 2.75) is 5.08 Å². The van der Waals surface area contributed by atoms with Crippen molar-refractivity contribution < 1.29 is 33.8 Å². The van der Waals surface area contributed by atoms with Crippen LogP contribution < -0.4 is 5.73 Å². The molecule has 0 atom stereocenters. The third kappa shape index (κ3) is 2.29. The van der Waals surface area contributed by atoms with Gasteiger partial charge in [-0.05, 0) is 6.07 Å². The van der Waals surface area contributed by atoms with Gasteiger partial charge in [-0.2, -0.15) is 0 Å². The molecule has 0 bridgehead atoms. The highest BCUT2D eigenvalue weighted by atomic mass is 31.2. The molecule has 10 heteroatoms. The Kier molecular flexibility index (Phi) is 3.53. The summed E-state index contributed by atoms with van der Waals surface area (Å²) in [5.74, 6) is 0. The fourth-order valence-electron chi connectivity index (χ4n) is 1.29. The van der Waals surface area contributed by atoms with Gasteiger partial charge < -0.3 is 30.4 Å². The van der Waals surface area contributed by atoms with Crippen LogP contribution in [0.5, 0.6) is 0 Å². The van der Waals surface area contributed by atoms with Gasteiger partial charge in [0.05, 0.1) is 0 Å². The van der Waals surface area contributed by atoms with Crippen LogP contribution in [0.15, 0.2) is 24.3 Å². The van der Waals surface area contributed by atoms with E-state index in [2.05, 4.69) is 0 Å². The summed E-state index contributed by atoms with van der Waals surface area (Å²) in [5, 5.41) is 6.10. The lowest BCUT2D eigenvalue weighted by Crippen LogP contribution is -2.27. The highest BCUT2D eigenvalue weighted by Gasteiger charge is 2.61. The van der Waals surface area contributed by atoms with Gasteiger partial charge in [0.25, 0.3) is 5.08 Å². The number of anilines is 1. The van der Waals surface area contributed by atoms with Gasteiger partial charge in [0.1, 0.15) is 0 Å². The topological polar surface area (TPSA) is 161 Å². The van der Waals surface area contributed by atoms with Crippen LogP contribution in [0.4, 0.5) is 5.69 Å². The molecule has 8 nitrogen and oxygen atoms in total. The standard InChI is InChI=1S/C7H11NO7P2/c8-6-4-2-1-3-5(6)7(9,16(10,11)12)17(13,14)15/h1-4,9H,8H2,(H2,10,11,12)(H2,13,14,15). The van der Waals surface area contributed by atoms with E-state index in [9.17, 15) is 14.2 Å². The Labute approximate surface area is 96.0 Å². The summed E-state index contributed by atoms with van der Waals surface area (Å²) < 4.78 is 22.3. The van der Waals surface area contributed by atoms with Crippen molar-refractivity contribution in [3.63, 3.8) is 0 Å². The third-order valence-corrected chi connectivity index (χ3v) is 5.80. The van der Waals surface area contributed by atoms with Crippen molar-refractivity contribution in [1.29, 1.82) is 0 Å². The van der Waals surface area contributed by atoms with Crippen molar-refractivity contribution in [3.8, 4) is 0 Å². The summed E-state index contributed by atoms with van der Waals surface area (Å²) in [6.45, 7) is 0. The Hall–Kier alpha value is -0.720. The molecule has 0 fully saturated rings. The quantitative estimate of drug-likeness (QED) is 0.326. The molecule has 0 aliphatic carbocycles. The van der Waals surface area contributed by atoms with Crippen LogP contribution >= 0.6 is 15.2 Å². The van der Waals surface area contributed by atoms with Gasteiger partial charge in [-0.25, -0.2) is 0 Å². The first-order chi connectivity index (χ1) is 7.52. The van der Waals surface area contributed by atoms with Gasteiger partial charge in [0.2, 0.25) is 0 Å². The van der Waals surface area contributed by atoms with Crippen LogP contribution in [0.25, 0.3) is 0 Å². The Morgan fingerprint density at radius 3 is 1.76 bits per heavy atom. The van der Waals surface area contributed by atoms with Crippen LogP contribution in [-0.4, -0.2) is 24.7 Å². The molecule has 0 aliphatic heterocycles. The van der Waals surface area contributed by atoms with E-state index < -0.39 is 25.8 Å². The van der Waals surface area contributed by atoms with E-state index in [1.54, 1.807) is 0 Å². The highest BCUT2D eigenvalue weighted by Crippen LogP contribution is 2.73. The molecular weight excluding hydrogens is 272 g/mol. The van der Waals surface area contributed by atoms with Gasteiger partial charge in [-0.15, -0.1) is 0 Å². The molecule has 0 unspecified atom stereocenters. The van der Waals surface area contributed by atoms with E-state index in [1.807, 2.05) is 0 Å². The maximum Gasteiger partial charge on any atom is 0.374 e. The van der Waals surface area contributed by atoms with Crippen molar-refractivity contribution >= 4 is 20.9 Å². The van der Waals surface area contributed by atoms with E-state index in [4.69, 9.17) is 25.3 Å². The third-order valence-electron chi connectivity index (χ3n) is 2.13. The molecule has 0 heterocycles. The van der Waals surface area contributed by atoms with Crippen molar-refractivity contribution in [1.82, 2.24) is 0 Å². The monoisotopic (exact) mass is 283 g/mol. The van der Waals surface area contributed by atoms with E-state index >= 15 is 0 Å². The lowest BCUT2D eigenvalue weighted by molar-refractivity contribution is 0.131. The molecule has 17 heavy (non-hydrogen) atoms. The van der Waals surface area contributed by atoms with Crippen molar-refractivity contribution in [2.75, 3.05) is 5.73 Å². The average molecular weight is 283 g/mol. The Balaban J connectivity index is 3.65. The molecule has 1 rings (SSSR count). The number of benzene rings is 1. The maximum atomic E-state index is 11.1. The largest absolute Gasteiger partial charge is 0.398 e. The lowest BCUT2D eigenvalue weighted by atomic mass is 10.2. The molecule has 0 saturated heterocycles. The first kappa shape index (κ1) is 14.3. The van der Waals surface area contributed by atoms with Crippen LogP contribution in [-0.2, 0) is 14.2 Å². The molecule has 7 N–H and O–H groups in total. The Bertz CT molecular complexity index is 497. The fourth-order valence-corrected chi connectivity index (χ4v) is 3.68. The molecular formula is C7H11NO7P2. The molecule has 1 aromatic carbocycles. The van der Waals surface area contributed by atoms with Crippen LogP contribution in [0.3, 0.4) is 0 Å². The minimum absolute atomic E-state index is 0.332. The summed E-state index contributed by atoms with van der Waals surface area (Å²) in [4.78, 5) is 35.9. The molecule has 0 aliphatic rings. The summed E-state index contributed by atoms with van der Waals surface area (Å²) in [5.41, 5.74) is 4.31. The predicted octanol–water partition coefficient (Wildman–Crippen LogP) is -0.273. The second kappa shape index (κ2) is 4.19. The summed E-state index contributed by atoms with van der Waals surface area (Å²) in [6, 6.07) is 4.72. The highest BCUT2D eigenvalue weighted by molar-refractivity contribution is 7.71. The molecule has 0 saturated carbocycles. The predicted molar refractivity (Wildman–Crippen MR) is 58.8 cm³/mol. The van der Waals surface area contributed by atoms with E-state index in [1.165, 1.54) is 12.1 Å². The number of rotatable bonds is 3. The first-order valence-electron chi connectivity index (χ1n) is 4.20. The number of hydrogen-bond acceptors (Lipinski definition) is 4. The number of aliphatic hydroxyl groups is 1. The zero-order chi connectivity index (χ0) is 13.5. The Morgan fingerprint density at radius 1 is 1.00 bits per heavy atom. The maximum absolute atomic E-state index is 11.1. The van der Waals surface area contributed by atoms with E-state index in [0.717, 1.165) is 12.1 Å². The summed E-state index contributed by atoms with van der Waals surface area (Å²) in [7, 11) is -11.1. The van der Waals surface area contributed by atoms with Crippen LogP contribution in [0, 0.1) is 0 Å². The molecule has 0 aromatic heterocycles. The number of nitrogens with two attached hydrogens (primary N) is 1. The molecule has 0 spiro atoms. The minimum atomic E-state index is -5.55. The average Bonchev–Trinajstić information content (AvgIpc) is 2.13. The minimum Gasteiger partial charge on any atom is -0.398 e. The van der Waals surface area contributed by atoms with Gasteiger partial charge in [0.15, 0.2) is 0 Å². The fraction of sp³-hybridized carbons (Fsp3) is 0.143. The molecule has 1 aromatic rings. The first-order valence-corrected chi connectivity index (χ1v) is 7.43. The lowest BCUT2D eigenvalue weighted by Gasteiger charge is -2.30. The zero-order valence-corrected chi connectivity index (χ0v) is 10.1. The normalized spacial score (nSPS) is 13.7. The van der Waals surface area contributed by atoms with Gasteiger partial charge in [0, 0.05) is 11.3 Å². The summed E-state index contributed by atoms with van der Waals surface area (Å²) >= 11 is 0. The molecule has 0 radical (unpaired) electrons. The second-order valence-corrected chi connectivity index (χ2v) is 7.13. The van der Waals surface area contributed by atoms with E-state index in [-0.39, 0.29) is 5.69 Å². The zero-order valence-electron chi connectivity index (χ0n) is 8.33. The number of nitrogen functional groups attached to an aromatic ring is 1. The SMILES string of the molecule is Nc1ccccc1C(O)(P(=O)(O)O)P(=O)(O)O. The molecule has 0 amide bonds. The van der Waals surface area contributed by atoms with Gasteiger partial charge in [-0.3, -0.25) is 9.13 Å². The number of hydrogen-bond donors (Lipinski definition) is 6.